The van der Waals surface area contributed by atoms with E-state index in [1.165, 1.54) is 0 Å². The first-order chi connectivity index (χ1) is 16.0. The Labute approximate surface area is 194 Å². The molecule has 5 nitrogen and oxygen atoms in total. The van der Waals surface area contributed by atoms with Crippen LogP contribution in [0.4, 0.5) is 4.39 Å². The number of nitrogens with zero attached hydrogens (tertiary/aromatic N) is 2. The number of rotatable bonds is 5. The molecule has 3 heterocycles. The molecule has 2 N–H and O–H groups in total. The number of hydrogen-bond donors (Lipinski definition) is 2. The second kappa shape index (κ2) is 8.64. The highest BCUT2D eigenvalue weighted by atomic mass is 35.5. The van der Waals surface area contributed by atoms with Crippen LogP contribution in [0.1, 0.15) is 32.7 Å². The zero-order valence-corrected chi connectivity index (χ0v) is 18.6. The number of pyridine rings is 2. The number of aromatic nitrogens is 3. The lowest BCUT2D eigenvalue weighted by atomic mass is 10.0. The van der Waals surface area contributed by atoms with E-state index < -0.39 is 5.82 Å². The van der Waals surface area contributed by atoms with Gasteiger partial charge in [-0.3, -0.25) is 14.8 Å². The summed E-state index contributed by atoms with van der Waals surface area (Å²) in [6, 6.07) is 15.0. The van der Waals surface area contributed by atoms with E-state index >= 15 is 0 Å². The van der Waals surface area contributed by atoms with Crippen molar-refractivity contribution in [3.05, 3.63) is 106 Å². The van der Waals surface area contributed by atoms with Crippen molar-refractivity contribution in [2.45, 2.75) is 19.9 Å². The summed E-state index contributed by atoms with van der Waals surface area (Å²) in [7, 11) is 0. The fourth-order valence-electron chi connectivity index (χ4n) is 3.93. The molecule has 0 aliphatic heterocycles. The normalized spacial score (nSPS) is 11.2. The summed E-state index contributed by atoms with van der Waals surface area (Å²) in [6.07, 6.45) is 5.59. The van der Waals surface area contributed by atoms with Crippen LogP contribution in [0.5, 0.6) is 0 Å². The van der Waals surface area contributed by atoms with Crippen molar-refractivity contribution in [2.24, 2.45) is 0 Å². The second-order valence-corrected chi connectivity index (χ2v) is 8.44. The maximum atomic E-state index is 14.8. The largest absolute Gasteiger partial charge is 0.360 e. The van der Waals surface area contributed by atoms with Gasteiger partial charge in [-0.2, -0.15) is 0 Å². The van der Waals surface area contributed by atoms with Gasteiger partial charge < -0.3 is 10.3 Å². The van der Waals surface area contributed by atoms with Gasteiger partial charge in [0.1, 0.15) is 5.82 Å². The van der Waals surface area contributed by atoms with Gasteiger partial charge in [0, 0.05) is 59.3 Å². The first-order valence-corrected chi connectivity index (χ1v) is 10.9. The summed E-state index contributed by atoms with van der Waals surface area (Å²) in [6.45, 7) is 2.07. The Morgan fingerprint density at radius 2 is 2.00 bits per heavy atom. The van der Waals surface area contributed by atoms with Crippen molar-refractivity contribution >= 4 is 39.3 Å². The Bertz CT molecular complexity index is 1510. The van der Waals surface area contributed by atoms with Crippen LogP contribution < -0.4 is 5.32 Å². The molecule has 0 fully saturated rings. The molecule has 0 unspecified atom stereocenters. The van der Waals surface area contributed by atoms with Crippen LogP contribution in [0.2, 0.25) is 5.02 Å². The third-order valence-corrected chi connectivity index (χ3v) is 5.90. The van der Waals surface area contributed by atoms with E-state index in [1.807, 2.05) is 25.3 Å². The van der Waals surface area contributed by atoms with Crippen LogP contribution in [0.15, 0.2) is 67.1 Å². The van der Waals surface area contributed by atoms with Gasteiger partial charge in [0.05, 0.1) is 15.9 Å². The fraction of sp³-hybridized carbons (Fsp3) is 0.115. The van der Waals surface area contributed by atoms with Crippen molar-refractivity contribution in [1.82, 2.24) is 20.3 Å². The van der Waals surface area contributed by atoms with Crippen LogP contribution in [-0.2, 0) is 13.0 Å². The molecule has 7 heteroatoms. The molecule has 5 rings (SSSR count). The first kappa shape index (κ1) is 21.1. The van der Waals surface area contributed by atoms with Crippen LogP contribution in [0.3, 0.4) is 0 Å². The topological polar surface area (TPSA) is 70.7 Å². The minimum Gasteiger partial charge on any atom is -0.360 e. The molecular weight excluding hydrogens is 439 g/mol. The lowest BCUT2D eigenvalue weighted by molar-refractivity contribution is 0.0950. The summed E-state index contributed by atoms with van der Waals surface area (Å²) in [4.78, 5) is 24.5. The van der Waals surface area contributed by atoms with E-state index in [4.69, 9.17) is 11.6 Å². The van der Waals surface area contributed by atoms with Crippen LogP contribution in [0, 0.1) is 12.7 Å². The van der Waals surface area contributed by atoms with E-state index in [2.05, 4.69) is 32.4 Å². The first-order valence-electron chi connectivity index (χ1n) is 10.5. The van der Waals surface area contributed by atoms with E-state index in [0.29, 0.717) is 33.5 Å². The van der Waals surface area contributed by atoms with E-state index in [0.717, 1.165) is 27.7 Å². The van der Waals surface area contributed by atoms with Gasteiger partial charge in [-0.25, -0.2) is 4.39 Å². The predicted octanol–water partition coefficient (Wildman–Crippen LogP) is 5.73. The summed E-state index contributed by atoms with van der Waals surface area (Å²) in [5.74, 6) is -0.729. The van der Waals surface area contributed by atoms with Gasteiger partial charge in [0.25, 0.3) is 5.91 Å². The maximum Gasteiger partial charge on any atom is 0.251 e. The molecule has 0 saturated carbocycles. The molecule has 0 atom stereocenters. The van der Waals surface area contributed by atoms with E-state index in [9.17, 15) is 9.18 Å². The van der Waals surface area contributed by atoms with Gasteiger partial charge in [-0.1, -0.05) is 23.7 Å². The van der Waals surface area contributed by atoms with Crippen molar-refractivity contribution < 1.29 is 9.18 Å². The molecule has 2 aromatic carbocycles. The summed E-state index contributed by atoms with van der Waals surface area (Å²) < 4.78 is 14.8. The Hall–Kier alpha value is -3.77. The molecule has 3 aromatic heterocycles. The summed E-state index contributed by atoms with van der Waals surface area (Å²) >= 11 is 6.06. The van der Waals surface area contributed by atoms with Gasteiger partial charge >= 0.3 is 0 Å². The number of amides is 1. The van der Waals surface area contributed by atoms with Gasteiger partial charge in [-0.05, 0) is 54.4 Å². The smallest absolute Gasteiger partial charge is 0.251 e. The van der Waals surface area contributed by atoms with E-state index in [1.54, 1.807) is 36.7 Å². The highest BCUT2D eigenvalue weighted by Gasteiger charge is 2.14. The zero-order chi connectivity index (χ0) is 22.9. The molecule has 1 amide bonds. The van der Waals surface area contributed by atoms with Gasteiger partial charge in [0.2, 0.25) is 0 Å². The van der Waals surface area contributed by atoms with Crippen molar-refractivity contribution in [1.29, 1.82) is 0 Å². The molecular formula is C26H20ClFN4O. The zero-order valence-electron chi connectivity index (χ0n) is 17.8. The van der Waals surface area contributed by atoms with Crippen LogP contribution >= 0.6 is 11.6 Å². The second-order valence-electron chi connectivity index (χ2n) is 8.03. The Balaban J connectivity index is 1.31. The third-order valence-electron chi connectivity index (χ3n) is 5.60. The molecule has 0 spiro atoms. The number of aryl methyl sites for hydroxylation is 1. The third kappa shape index (κ3) is 4.30. The average molecular weight is 459 g/mol. The van der Waals surface area contributed by atoms with Crippen LogP contribution in [0.25, 0.3) is 21.8 Å². The van der Waals surface area contributed by atoms with Crippen molar-refractivity contribution in [3.8, 4) is 0 Å². The molecule has 33 heavy (non-hydrogen) atoms. The molecule has 0 saturated heterocycles. The average Bonchev–Trinajstić information content (AvgIpc) is 3.19. The number of H-pyrrole nitrogens is 1. The molecule has 0 aliphatic carbocycles. The highest BCUT2D eigenvalue weighted by Crippen LogP contribution is 2.27. The Morgan fingerprint density at radius 3 is 2.88 bits per heavy atom. The number of fused-ring (bicyclic) bond motifs is 2. The van der Waals surface area contributed by atoms with Gasteiger partial charge in [0.15, 0.2) is 0 Å². The molecule has 0 radical (unpaired) electrons. The number of carbonyl (C=O) groups excluding carboxylic acids is 1. The molecule has 164 valence electrons. The van der Waals surface area contributed by atoms with E-state index in [-0.39, 0.29) is 12.5 Å². The highest BCUT2D eigenvalue weighted by molar-refractivity contribution is 6.35. The number of aromatic amines is 1. The SMILES string of the molecule is Cc1cnc2ccc(Cc3cc(C(=O)NCc4ccc5[nH]cc(Cl)c5c4F)ccn3)cc2c1. The van der Waals surface area contributed by atoms with Crippen LogP contribution in [-0.4, -0.2) is 20.9 Å². The number of carbonyl (C=O) groups is 1. The quantitative estimate of drug-likeness (QED) is 0.353. The molecule has 0 aliphatic rings. The molecule has 5 aromatic rings. The Kier molecular flexibility index (Phi) is 5.52. The Morgan fingerprint density at radius 1 is 1.12 bits per heavy atom. The standard InChI is InChI=1S/C26H20ClFN4O/c1-15-8-19-9-16(2-4-22(19)30-12-15)10-20-11-17(6-7-29-20)26(33)32-13-18-3-5-23-24(25(18)28)21(27)14-31-23/h2-9,11-12,14,31H,10,13H2,1H3,(H,32,33). The number of benzene rings is 2. The lowest BCUT2D eigenvalue weighted by Gasteiger charge is -2.09. The number of nitrogens with one attached hydrogen (secondary N) is 2. The minimum atomic E-state index is -0.435. The maximum absolute atomic E-state index is 14.8. The van der Waals surface area contributed by atoms with Gasteiger partial charge in [-0.15, -0.1) is 0 Å². The monoisotopic (exact) mass is 458 g/mol. The van der Waals surface area contributed by atoms with Crippen molar-refractivity contribution in [3.63, 3.8) is 0 Å². The summed E-state index contributed by atoms with van der Waals surface area (Å²) in [5.41, 5.74) is 5.35. The lowest BCUT2D eigenvalue weighted by Crippen LogP contribution is -2.23. The minimum absolute atomic E-state index is 0.0524. The number of hydrogen-bond acceptors (Lipinski definition) is 3. The van der Waals surface area contributed by atoms with Crippen molar-refractivity contribution in [2.75, 3.05) is 0 Å². The number of halogens is 2. The summed E-state index contributed by atoms with van der Waals surface area (Å²) in [5, 5.41) is 4.50. The molecule has 0 bridgehead atoms. The predicted molar refractivity (Wildman–Crippen MR) is 128 cm³/mol. The fourth-order valence-corrected chi connectivity index (χ4v) is 4.17.